The molecule has 0 fully saturated rings. The SMILES string of the molecule is Brc1cccc(/C=C/c2ccncc2)c1. The summed E-state index contributed by atoms with van der Waals surface area (Å²) in [7, 11) is 0. The third-order valence-electron chi connectivity index (χ3n) is 2.02. The molecular formula is C13H10BrN. The summed E-state index contributed by atoms with van der Waals surface area (Å²) in [6, 6.07) is 12.2. The van der Waals surface area contributed by atoms with Crippen molar-refractivity contribution in [2.24, 2.45) is 0 Å². The smallest absolute Gasteiger partial charge is 0.0273 e. The van der Waals surface area contributed by atoms with Gasteiger partial charge in [-0.05, 0) is 35.4 Å². The van der Waals surface area contributed by atoms with Gasteiger partial charge in [0.05, 0.1) is 0 Å². The van der Waals surface area contributed by atoms with E-state index in [9.17, 15) is 0 Å². The Labute approximate surface area is 97.6 Å². The molecule has 1 nitrogen and oxygen atoms in total. The van der Waals surface area contributed by atoms with Crippen LogP contribution in [0.5, 0.6) is 0 Å². The van der Waals surface area contributed by atoms with E-state index in [4.69, 9.17) is 0 Å². The molecule has 0 radical (unpaired) electrons. The first-order valence-corrected chi connectivity index (χ1v) is 5.47. The molecule has 0 saturated heterocycles. The Morgan fingerprint density at radius 3 is 2.40 bits per heavy atom. The number of pyridine rings is 1. The minimum absolute atomic E-state index is 1.10. The number of nitrogens with zero attached hydrogens (tertiary/aromatic N) is 1. The average Bonchev–Trinajstić information content (AvgIpc) is 2.28. The Morgan fingerprint density at radius 2 is 1.67 bits per heavy atom. The van der Waals surface area contributed by atoms with Crippen molar-refractivity contribution in [2.75, 3.05) is 0 Å². The maximum atomic E-state index is 3.97. The second-order valence-electron chi connectivity index (χ2n) is 3.17. The topological polar surface area (TPSA) is 12.9 Å². The number of hydrogen-bond acceptors (Lipinski definition) is 1. The molecule has 2 aromatic rings. The molecule has 0 spiro atoms. The van der Waals surface area contributed by atoms with Gasteiger partial charge in [0.1, 0.15) is 0 Å². The molecular weight excluding hydrogens is 250 g/mol. The molecule has 1 aromatic heterocycles. The third-order valence-corrected chi connectivity index (χ3v) is 2.52. The highest BCUT2D eigenvalue weighted by Gasteiger charge is 1.88. The summed E-state index contributed by atoms with van der Waals surface area (Å²) >= 11 is 3.44. The summed E-state index contributed by atoms with van der Waals surface area (Å²) < 4.78 is 1.10. The highest BCUT2D eigenvalue weighted by Crippen LogP contribution is 2.14. The van der Waals surface area contributed by atoms with E-state index in [-0.39, 0.29) is 0 Å². The normalized spacial score (nSPS) is 10.7. The zero-order valence-electron chi connectivity index (χ0n) is 8.10. The fourth-order valence-corrected chi connectivity index (χ4v) is 1.69. The van der Waals surface area contributed by atoms with Crippen molar-refractivity contribution >= 4 is 28.1 Å². The van der Waals surface area contributed by atoms with E-state index in [0.29, 0.717) is 0 Å². The number of aromatic nitrogens is 1. The van der Waals surface area contributed by atoms with Crippen LogP contribution in [0.2, 0.25) is 0 Å². The largest absolute Gasteiger partial charge is 0.265 e. The van der Waals surface area contributed by atoms with Gasteiger partial charge in [-0.3, -0.25) is 4.98 Å². The molecule has 2 heteroatoms. The molecule has 0 unspecified atom stereocenters. The third kappa shape index (κ3) is 3.03. The van der Waals surface area contributed by atoms with E-state index in [1.807, 2.05) is 24.3 Å². The van der Waals surface area contributed by atoms with E-state index in [1.54, 1.807) is 12.4 Å². The van der Waals surface area contributed by atoms with Gasteiger partial charge in [-0.15, -0.1) is 0 Å². The van der Waals surface area contributed by atoms with Crippen LogP contribution in [-0.2, 0) is 0 Å². The summed E-state index contributed by atoms with van der Waals surface area (Å²) in [4.78, 5) is 3.97. The van der Waals surface area contributed by atoms with Crippen molar-refractivity contribution in [2.45, 2.75) is 0 Å². The van der Waals surface area contributed by atoms with Crippen LogP contribution in [0.3, 0.4) is 0 Å². The van der Waals surface area contributed by atoms with Crippen molar-refractivity contribution in [3.63, 3.8) is 0 Å². The number of hydrogen-bond donors (Lipinski definition) is 0. The standard InChI is InChI=1S/C13H10BrN/c14-13-3-1-2-12(10-13)5-4-11-6-8-15-9-7-11/h1-10H/b5-4+. The molecule has 0 N–H and O–H groups in total. The molecule has 0 saturated carbocycles. The van der Waals surface area contributed by atoms with Crippen LogP contribution in [0, 0.1) is 0 Å². The minimum atomic E-state index is 1.10. The van der Waals surface area contributed by atoms with Crippen molar-refractivity contribution in [1.29, 1.82) is 0 Å². The molecule has 0 aliphatic carbocycles. The number of rotatable bonds is 2. The van der Waals surface area contributed by atoms with E-state index in [2.05, 4.69) is 45.2 Å². The highest BCUT2D eigenvalue weighted by atomic mass is 79.9. The van der Waals surface area contributed by atoms with Crippen molar-refractivity contribution in [3.05, 3.63) is 64.4 Å². The first kappa shape index (κ1) is 10.1. The number of halogens is 1. The van der Waals surface area contributed by atoms with Crippen molar-refractivity contribution in [1.82, 2.24) is 4.98 Å². The van der Waals surface area contributed by atoms with Crippen LogP contribution in [0.25, 0.3) is 12.2 Å². The number of benzene rings is 1. The lowest BCUT2D eigenvalue weighted by Gasteiger charge is -1.94. The van der Waals surface area contributed by atoms with Crippen LogP contribution >= 0.6 is 15.9 Å². The highest BCUT2D eigenvalue weighted by molar-refractivity contribution is 9.10. The molecule has 0 aliphatic rings. The summed E-state index contributed by atoms with van der Waals surface area (Å²) in [5.74, 6) is 0. The van der Waals surface area contributed by atoms with E-state index in [1.165, 1.54) is 5.56 Å². The lowest BCUT2D eigenvalue weighted by Crippen LogP contribution is -1.74. The molecule has 15 heavy (non-hydrogen) atoms. The van der Waals surface area contributed by atoms with Crippen molar-refractivity contribution < 1.29 is 0 Å². The Bertz CT molecular complexity index is 463. The Morgan fingerprint density at radius 1 is 0.933 bits per heavy atom. The maximum Gasteiger partial charge on any atom is 0.0273 e. The van der Waals surface area contributed by atoms with Crippen LogP contribution in [-0.4, -0.2) is 4.98 Å². The van der Waals surface area contributed by atoms with Crippen LogP contribution < -0.4 is 0 Å². The van der Waals surface area contributed by atoms with Crippen LogP contribution in [0.1, 0.15) is 11.1 Å². The van der Waals surface area contributed by atoms with Gasteiger partial charge in [0.25, 0.3) is 0 Å². The summed E-state index contributed by atoms with van der Waals surface area (Å²) in [6.45, 7) is 0. The summed E-state index contributed by atoms with van der Waals surface area (Å²) in [5.41, 5.74) is 2.34. The molecule has 0 amide bonds. The second-order valence-corrected chi connectivity index (χ2v) is 4.08. The van der Waals surface area contributed by atoms with E-state index in [0.717, 1.165) is 10.0 Å². The average molecular weight is 260 g/mol. The molecule has 1 heterocycles. The fraction of sp³-hybridized carbons (Fsp3) is 0. The van der Waals surface area contributed by atoms with Crippen molar-refractivity contribution in [3.8, 4) is 0 Å². The monoisotopic (exact) mass is 259 g/mol. The van der Waals surface area contributed by atoms with Gasteiger partial charge in [-0.2, -0.15) is 0 Å². The van der Waals surface area contributed by atoms with Crippen LogP contribution in [0.4, 0.5) is 0 Å². The molecule has 2 rings (SSSR count). The van der Waals surface area contributed by atoms with E-state index >= 15 is 0 Å². The fourth-order valence-electron chi connectivity index (χ4n) is 1.28. The van der Waals surface area contributed by atoms with Crippen LogP contribution in [0.15, 0.2) is 53.3 Å². The minimum Gasteiger partial charge on any atom is -0.265 e. The molecule has 0 aliphatic heterocycles. The van der Waals surface area contributed by atoms with Gasteiger partial charge in [-0.1, -0.05) is 40.2 Å². The first-order valence-electron chi connectivity index (χ1n) is 4.68. The van der Waals surface area contributed by atoms with Gasteiger partial charge >= 0.3 is 0 Å². The van der Waals surface area contributed by atoms with Gasteiger partial charge in [0.2, 0.25) is 0 Å². The summed E-state index contributed by atoms with van der Waals surface area (Å²) in [6.07, 6.45) is 7.74. The van der Waals surface area contributed by atoms with Gasteiger partial charge in [-0.25, -0.2) is 0 Å². The lowest BCUT2D eigenvalue weighted by atomic mass is 10.1. The Kier molecular flexibility index (Phi) is 3.30. The Hall–Kier alpha value is -1.41. The maximum absolute atomic E-state index is 3.97. The van der Waals surface area contributed by atoms with E-state index < -0.39 is 0 Å². The quantitative estimate of drug-likeness (QED) is 0.794. The molecule has 0 bridgehead atoms. The predicted octanol–water partition coefficient (Wildman–Crippen LogP) is 4.01. The predicted molar refractivity (Wildman–Crippen MR) is 67.3 cm³/mol. The first-order chi connectivity index (χ1) is 7.34. The molecule has 0 atom stereocenters. The Balaban J connectivity index is 2.19. The second kappa shape index (κ2) is 4.89. The lowest BCUT2D eigenvalue weighted by molar-refractivity contribution is 1.32. The van der Waals surface area contributed by atoms with Gasteiger partial charge in [0.15, 0.2) is 0 Å². The zero-order valence-corrected chi connectivity index (χ0v) is 9.68. The summed E-state index contributed by atoms with van der Waals surface area (Å²) in [5, 5.41) is 0. The zero-order chi connectivity index (χ0) is 10.5. The molecule has 74 valence electrons. The molecule has 1 aromatic carbocycles. The van der Waals surface area contributed by atoms with Gasteiger partial charge in [0, 0.05) is 16.9 Å². The van der Waals surface area contributed by atoms with Gasteiger partial charge < -0.3 is 0 Å².